The molecule has 0 aliphatic heterocycles. The van der Waals surface area contributed by atoms with Crippen LogP contribution in [0.2, 0.25) is 0 Å². The molecule has 1 heterocycles. The minimum absolute atomic E-state index is 0.0741. The van der Waals surface area contributed by atoms with Gasteiger partial charge in [0.2, 0.25) is 0 Å². The van der Waals surface area contributed by atoms with Gasteiger partial charge in [-0.3, -0.25) is 9.48 Å². The molecule has 0 N–H and O–H groups in total. The number of methoxy groups -OCH3 is 1. The Hall–Kier alpha value is -0.970. The average Bonchev–Trinajstić information content (AvgIpc) is 3.09. The van der Waals surface area contributed by atoms with E-state index in [4.69, 9.17) is 4.74 Å². The molecule has 0 radical (unpaired) electrons. The number of aryl methyl sites for hydroxylation is 2. The van der Waals surface area contributed by atoms with Gasteiger partial charge in [0.25, 0.3) is 0 Å². The zero-order valence-electron chi connectivity index (χ0n) is 12.6. The summed E-state index contributed by atoms with van der Waals surface area (Å²) in [7, 11) is 1.47. The molecular weight excluding hydrogens is 272 g/mol. The van der Waals surface area contributed by atoms with Crippen LogP contribution in [0.4, 0.5) is 0 Å². The second-order valence-corrected chi connectivity index (χ2v) is 6.53. The van der Waals surface area contributed by atoms with Gasteiger partial charge in [0.15, 0.2) is 0 Å². The van der Waals surface area contributed by atoms with Crippen molar-refractivity contribution >= 4 is 17.7 Å². The maximum atomic E-state index is 11.4. The number of rotatable bonds is 8. The van der Waals surface area contributed by atoms with Gasteiger partial charge in [0.1, 0.15) is 0 Å². The SMILES string of the molecule is CCc1cc(CSCC2(CC(=O)OC)CC2)n(CC)n1. The molecule has 0 amide bonds. The second kappa shape index (κ2) is 6.66. The van der Waals surface area contributed by atoms with E-state index in [1.165, 1.54) is 12.8 Å². The zero-order valence-corrected chi connectivity index (χ0v) is 13.5. The Labute approximate surface area is 125 Å². The van der Waals surface area contributed by atoms with Crippen LogP contribution in [0.5, 0.6) is 0 Å². The molecule has 1 saturated carbocycles. The number of hydrogen-bond acceptors (Lipinski definition) is 4. The molecule has 5 heteroatoms. The Morgan fingerprint density at radius 1 is 1.50 bits per heavy atom. The molecule has 0 bridgehead atoms. The molecule has 1 aliphatic rings. The summed E-state index contributed by atoms with van der Waals surface area (Å²) in [6, 6.07) is 2.20. The minimum Gasteiger partial charge on any atom is -0.469 e. The lowest BCUT2D eigenvalue weighted by Crippen LogP contribution is -2.13. The molecular formula is C15H24N2O2S. The van der Waals surface area contributed by atoms with E-state index in [-0.39, 0.29) is 11.4 Å². The third-order valence-electron chi connectivity index (χ3n) is 3.94. The number of esters is 1. The summed E-state index contributed by atoms with van der Waals surface area (Å²) in [6.45, 7) is 5.18. The van der Waals surface area contributed by atoms with E-state index >= 15 is 0 Å². The Bertz CT molecular complexity index is 466. The van der Waals surface area contributed by atoms with Gasteiger partial charge in [-0.1, -0.05) is 6.92 Å². The first-order valence-electron chi connectivity index (χ1n) is 7.32. The predicted octanol–water partition coefficient (Wildman–Crippen LogP) is 3.04. The van der Waals surface area contributed by atoms with Crippen LogP contribution in [0.3, 0.4) is 0 Å². The smallest absolute Gasteiger partial charge is 0.306 e. The molecule has 112 valence electrons. The Balaban J connectivity index is 1.84. The van der Waals surface area contributed by atoms with Crippen LogP contribution in [0.15, 0.2) is 6.07 Å². The summed E-state index contributed by atoms with van der Waals surface area (Å²) < 4.78 is 6.87. The van der Waals surface area contributed by atoms with Crippen molar-refractivity contribution in [1.29, 1.82) is 0 Å². The molecule has 4 nitrogen and oxygen atoms in total. The summed E-state index contributed by atoms with van der Waals surface area (Å²) in [5.41, 5.74) is 2.67. The molecule has 1 aromatic rings. The van der Waals surface area contributed by atoms with Crippen LogP contribution >= 0.6 is 11.8 Å². The van der Waals surface area contributed by atoms with Gasteiger partial charge in [-0.05, 0) is 43.4 Å². The molecule has 1 aromatic heterocycles. The molecule has 0 saturated heterocycles. The molecule has 0 atom stereocenters. The molecule has 0 spiro atoms. The van der Waals surface area contributed by atoms with Gasteiger partial charge in [0, 0.05) is 18.0 Å². The number of hydrogen-bond donors (Lipinski definition) is 0. The first kappa shape index (κ1) is 15.4. The molecule has 20 heavy (non-hydrogen) atoms. The molecule has 1 aliphatic carbocycles. The fraction of sp³-hybridized carbons (Fsp3) is 0.733. The van der Waals surface area contributed by atoms with Crippen molar-refractivity contribution < 1.29 is 9.53 Å². The number of ether oxygens (including phenoxy) is 1. The summed E-state index contributed by atoms with van der Waals surface area (Å²) >= 11 is 1.91. The highest BCUT2D eigenvalue weighted by molar-refractivity contribution is 7.98. The van der Waals surface area contributed by atoms with Gasteiger partial charge in [-0.25, -0.2) is 0 Å². The van der Waals surface area contributed by atoms with Crippen LogP contribution in [-0.2, 0) is 28.2 Å². The number of aromatic nitrogens is 2. The summed E-state index contributed by atoms with van der Waals surface area (Å²) in [5.74, 6) is 1.94. The third kappa shape index (κ3) is 3.78. The van der Waals surface area contributed by atoms with Crippen LogP contribution in [0.1, 0.15) is 44.5 Å². The largest absolute Gasteiger partial charge is 0.469 e. The molecule has 0 unspecified atom stereocenters. The van der Waals surface area contributed by atoms with Crippen LogP contribution < -0.4 is 0 Å². The molecule has 1 fully saturated rings. The van der Waals surface area contributed by atoms with E-state index < -0.39 is 0 Å². The summed E-state index contributed by atoms with van der Waals surface area (Å²) in [5, 5.41) is 4.57. The van der Waals surface area contributed by atoms with Gasteiger partial charge in [-0.2, -0.15) is 16.9 Å². The fourth-order valence-electron chi connectivity index (χ4n) is 2.38. The maximum Gasteiger partial charge on any atom is 0.306 e. The molecule has 0 aromatic carbocycles. The normalized spacial score (nSPS) is 16.1. The lowest BCUT2D eigenvalue weighted by Gasteiger charge is -2.13. The summed E-state index contributed by atoms with van der Waals surface area (Å²) in [4.78, 5) is 11.4. The zero-order chi connectivity index (χ0) is 14.6. The van der Waals surface area contributed by atoms with E-state index in [1.54, 1.807) is 0 Å². The first-order chi connectivity index (χ1) is 9.62. The maximum absolute atomic E-state index is 11.4. The van der Waals surface area contributed by atoms with Crippen LogP contribution in [0, 0.1) is 5.41 Å². The van der Waals surface area contributed by atoms with Crippen molar-refractivity contribution in [2.75, 3.05) is 12.9 Å². The van der Waals surface area contributed by atoms with E-state index in [1.807, 2.05) is 11.8 Å². The standard InChI is InChI=1S/C15H24N2O2S/c1-4-12-8-13(17(5-2)16-12)10-20-11-15(6-7-15)9-14(18)19-3/h8H,4-7,9-11H2,1-3H3. The predicted molar refractivity (Wildman–Crippen MR) is 81.7 cm³/mol. The van der Waals surface area contributed by atoms with Crippen molar-refractivity contribution in [3.8, 4) is 0 Å². The second-order valence-electron chi connectivity index (χ2n) is 5.54. The lowest BCUT2D eigenvalue weighted by molar-refractivity contribution is -0.141. The van der Waals surface area contributed by atoms with Crippen molar-refractivity contribution in [3.05, 3.63) is 17.5 Å². The van der Waals surface area contributed by atoms with E-state index in [0.29, 0.717) is 6.42 Å². The van der Waals surface area contributed by atoms with Gasteiger partial charge < -0.3 is 4.74 Å². The number of carbonyl (C=O) groups excluding carboxylic acids is 1. The fourth-order valence-corrected chi connectivity index (χ4v) is 3.74. The number of carbonyl (C=O) groups is 1. The quantitative estimate of drug-likeness (QED) is 0.692. The van der Waals surface area contributed by atoms with Gasteiger partial charge in [0.05, 0.1) is 19.2 Å². The van der Waals surface area contributed by atoms with Crippen LogP contribution in [0.25, 0.3) is 0 Å². The topological polar surface area (TPSA) is 44.1 Å². The Morgan fingerprint density at radius 3 is 2.80 bits per heavy atom. The van der Waals surface area contributed by atoms with Gasteiger partial charge >= 0.3 is 5.97 Å². The molecule has 2 rings (SSSR count). The number of thioether (sulfide) groups is 1. The van der Waals surface area contributed by atoms with Gasteiger partial charge in [-0.15, -0.1) is 0 Å². The summed E-state index contributed by atoms with van der Waals surface area (Å²) in [6.07, 6.45) is 3.87. The van der Waals surface area contributed by atoms with Crippen molar-refractivity contribution in [2.45, 2.75) is 51.8 Å². The Morgan fingerprint density at radius 2 is 2.25 bits per heavy atom. The minimum atomic E-state index is -0.0741. The van der Waals surface area contributed by atoms with E-state index in [0.717, 1.165) is 43.0 Å². The monoisotopic (exact) mass is 296 g/mol. The van der Waals surface area contributed by atoms with E-state index in [2.05, 4.69) is 29.7 Å². The van der Waals surface area contributed by atoms with Crippen molar-refractivity contribution in [2.24, 2.45) is 5.41 Å². The highest BCUT2D eigenvalue weighted by atomic mass is 32.2. The lowest BCUT2D eigenvalue weighted by atomic mass is 10.1. The third-order valence-corrected chi connectivity index (χ3v) is 5.25. The number of nitrogens with zero attached hydrogens (tertiary/aromatic N) is 2. The highest BCUT2D eigenvalue weighted by Gasteiger charge is 2.44. The van der Waals surface area contributed by atoms with Crippen molar-refractivity contribution in [3.63, 3.8) is 0 Å². The Kier molecular flexibility index (Phi) is 5.13. The van der Waals surface area contributed by atoms with E-state index in [9.17, 15) is 4.79 Å². The van der Waals surface area contributed by atoms with Crippen LogP contribution in [-0.4, -0.2) is 28.6 Å². The average molecular weight is 296 g/mol. The highest BCUT2D eigenvalue weighted by Crippen LogP contribution is 2.51. The first-order valence-corrected chi connectivity index (χ1v) is 8.48. The van der Waals surface area contributed by atoms with Crippen molar-refractivity contribution in [1.82, 2.24) is 9.78 Å².